The zero-order valence-electron chi connectivity index (χ0n) is 18.1. The van der Waals surface area contributed by atoms with Crippen molar-refractivity contribution in [3.05, 3.63) is 69.1 Å². The van der Waals surface area contributed by atoms with Crippen molar-refractivity contribution in [2.45, 2.75) is 6.42 Å². The maximum absolute atomic E-state index is 12.6. The van der Waals surface area contributed by atoms with Gasteiger partial charge < -0.3 is 4.74 Å². The predicted molar refractivity (Wildman–Crippen MR) is 125 cm³/mol. The fourth-order valence-corrected chi connectivity index (χ4v) is 4.67. The third-order valence-electron chi connectivity index (χ3n) is 5.45. The van der Waals surface area contributed by atoms with E-state index in [1.807, 2.05) is 29.6 Å². The number of rotatable bonds is 7. The number of anilines is 1. The van der Waals surface area contributed by atoms with Gasteiger partial charge in [0, 0.05) is 30.0 Å². The van der Waals surface area contributed by atoms with Crippen LogP contribution in [0.15, 0.2) is 47.8 Å². The maximum atomic E-state index is 12.6. The molecular formula is C22H16N6O6S. The second kappa shape index (κ2) is 8.61. The van der Waals surface area contributed by atoms with Gasteiger partial charge in [-0.1, -0.05) is 18.2 Å². The van der Waals surface area contributed by atoms with E-state index in [4.69, 9.17) is 4.74 Å². The van der Waals surface area contributed by atoms with E-state index >= 15 is 0 Å². The maximum Gasteiger partial charge on any atom is 0.282 e. The number of fused-ring (bicyclic) bond motifs is 2. The molecule has 1 aliphatic heterocycles. The lowest BCUT2D eigenvalue weighted by atomic mass is 10.1. The summed E-state index contributed by atoms with van der Waals surface area (Å²) in [5.41, 5.74) is 0.792. The molecule has 1 aliphatic rings. The number of nitrogens with zero attached hydrogens (tertiary/aromatic N) is 5. The average molecular weight is 492 g/mol. The van der Waals surface area contributed by atoms with Gasteiger partial charge in [0.1, 0.15) is 11.3 Å². The van der Waals surface area contributed by atoms with Gasteiger partial charge in [0.2, 0.25) is 16.8 Å². The van der Waals surface area contributed by atoms with Gasteiger partial charge in [-0.2, -0.15) is 4.98 Å². The number of nitrogens with one attached hydrogen (secondary N) is 1. The number of aromatic nitrogens is 3. The van der Waals surface area contributed by atoms with Crippen molar-refractivity contribution in [3.63, 3.8) is 0 Å². The van der Waals surface area contributed by atoms with Crippen LogP contribution in [0.5, 0.6) is 5.75 Å². The summed E-state index contributed by atoms with van der Waals surface area (Å²) in [6.07, 6.45) is -0.231. The Balaban J connectivity index is 1.29. The number of imide groups is 1. The van der Waals surface area contributed by atoms with Gasteiger partial charge in [-0.15, -0.1) is 16.4 Å². The fourth-order valence-electron chi connectivity index (χ4n) is 3.85. The molecule has 1 N–H and O–H groups in total. The minimum atomic E-state index is -0.799. The number of amides is 3. The van der Waals surface area contributed by atoms with Crippen molar-refractivity contribution in [2.24, 2.45) is 0 Å². The summed E-state index contributed by atoms with van der Waals surface area (Å²) in [6.45, 7) is -0.246. The second-order valence-corrected chi connectivity index (χ2v) is 8.30. The predicted octanol–water partition coefficient (Wildman–Crippen LogP) is 3.00. The summed E-state index contributed by atoms with van der Waals surface area (Å²) in [5.74, 6) is -1.27. The third-order valence-corrected chi connectivity index (χ3v) is 6.27. The number of para-hydroxylation sites is 1. The molecule has 0 spiro atoms. The van der Waals surface area contributed by atoms with E-state index in [1.54, 1.807) is 11.6 Å². The van der Waals surface area contributed by atoms with Gasteiger partial charge in [-0.25, -0.2) is 4.52 Å². The molecule has 3 amide bonds. The van der Waals surface area contributed by atoms with Crippen molar-refractivity contribution in [2.75, 3.05) is 19.0 Å². The summed E-state index contributed by atoms with van der Waals surface area (Å²) in [6, 6.07) is 11.3. The normalized spacial score (nSPS) is 12.8. The van der Waals surface area contributed by atoms with Crippen LogP contribution in [-0.2, 0) is 4.79 Å². The van der Waals surface area contributed by atoms with Crippen LogP contribution in [0.4, 0.5) is 11.6 Å². The molecule has 0 bridgehead atoms. The molecule has 0 unspecified atom stereocenters. The van der Waals surface area contributed by atoms with E-state index in [0.717, 1.165) is 22.2 Å². The Morgan fingerprint density at radius 3 is 2.69 bits per heavy atom. The molecule has 4 aromatic rings. The van der Waals surface area contributed by atoms with Crippen LogP contribution < -0.4 is 10.1 Å². The van der Waals surface area contributed by atoms with Crippen LogP contribution in [0, 0.1) is 10.1 Å². The molecule has 2 aromatic heterocycles. The number of thiazole rings is 1. The number of hydrogen-bond acceptors (Lipinski definition) is 9. The Morgan fingerprint density at radius 2 is 1.91 bits per heavy atom. The zero-order chi connectivity index (χ0) is 24.7. The van der Waals surface area contributed by atoms with Crippen LogP contribution in [0.25, 0.3) is 16.2 Å². The largest absolute Gasteiger partial charge is 0.496 e. The molecular weight excluding hydrogens is 476 g/mol. The molecule has 2 aromatic carbocycles. The van der Waals surface area contributed by atoms with Crippen molar-refractivity contribution >= 4 is 45.7 Å². The quantitative estimate of drug-likeness (QED) is 0.235. The van der Waals surface area contributed by atoms with Crippen molar-refractivity contribution in [1.29, 1.82) is 0 Å². The monoisotopic (exact) mass is 492 g/mol. The molecule has 0 radical (unpaired) electrons. The van der Waals surface area contributed by atoms with Crippen LogP contribution in [-0.4, -0.2) is 55.8 Å². The molecule has 35 heavy (non-hydrogen) atoms. The zero-order valence-corrected chi connectivity index (χ0v) is 18.9. The highest BCUT2D eigenvalue weighted by Crippen LogP contribution is 2.33. The van der Waals surface area contributed by atoms with E-state index in [1.165, 1.54) is 23.5 Å². The van der Waals surface area contributed by atoms with Gasteiger partial charge >= 0.3 is 0 Å². The molecule has 3 heterocycles. The Labute approximate surface area is 200 Å². The minimum absolute atomic E-state index is 0.0514. The summed E-state index contributed by atoms with van der Waals surface area (Å²) in [5, 5.41) is 20.0. The van der Waals surface area contributed by atoms with Crippen LogP contribution in [0.1, 0.15) is 27.1 Å². The molecule has 176 valence electrons. The Kier molecular flexibility index (Phi) is 5.45. The highest BCUT2D eigenvalue weighted by Gasteiger charge is 2.40. The Morgan fingerprint density at radius 1 is 1.14 bits per heavy atom. The summed E-state index contributed by atoms with van der Waals surface area (Å²) in [4.78, 5) is 53.9. The Hall–Kier alpha value is -4.65. The van der Waals surface area contributed by atoms with Gasteiger partial charge in [0.15, 0.2) is 0 Å². The number of nitro groups is 1. The van der Waals surface area contributed by atoms with Crippen molar-refractivity contribution in [3.8, 4) is 17.0 Å². The molecule has 0 saturated heterocycles. The smallest absolute Gasteiger partial charge is 0.282 e. The lowest BCUT2D eigenvalue weighted by Gasteiger charge is -2.12. The molecule has 13 heteroatoms. The van der Waals surface area contributed by atoms with E-state index in [9.17, 15) is 24.5 Å². The van der Waals surface area contributed by atoms with Gasteiger partial charge in [0.25, 0.3) is 17.5 Å². The second-order valence-electron chi connectivity index (χ2n) is 7.47. The molecule has 0 fully saturated rings. The fraction of sp³-hybridized carbons (Fsp3) is 0.136. The first-order valence-corrected chi connectivity index (χ1v) is 11.2. The third kappa shape index (κ3) is 3.77. The van der Waals surface area contributed by atoms with Crippen LogP contribution >= 0.6 is 11.3 Å². The van der Waals surface area contributed by atoms with Crippen LogP contribution in [0.2, 0.25) is 0 Å². The number of carbonyl (C=O) groups excluding carboxylic acids is 3. The number of benzene rings is 2. The number of hydrogen-bond donors (Lipinski definition) is 1. The summed E-state index contributed by atoms with van der Waals surface area (Å²) < 4.78 is 6.99. The van der Waals surface area contributed by atoms with E-state index in [2.05, 4.69) is 15.4 Å². The standard InChI is InChI=1S/C22H16N6O6S/c1-34-16-8-3-2-5-12(16)15-11-35-22-24-21(25-27(15)22)23-17(29)9-10-26-19(30)13-6-4-7-14(28(32)33)18(13)20(26)31/h2-8,11H,9-10H2,1H3,(H,23,25,29). The topological polar surface area (TPSA) is 149 Å². The molecule has 12 nitrogen and oxygen atoms in total. The first kappa shape index (κ1) is 22.2. The van der Waals surface area contributed by atoms with E-state index < -0.39 is 28.3 Å². The number of carbonyl (C=O) groups is 3. The highest BCUT2D eigenvalue weighted by molar-refractivity contribution is 7.15. The lowest BCUT2D eigenvalue weighted by molar-refractivity contribution is -0.385. The molecule has 5 rings (SSSR count). The number of nitro benzene ring substituents is 1. The van der Waals surface area contributed by atoms with Crippen LogP contribution in [0.3, 0.4) is 0 Å². The Bertz CT molecular complexity index is 1530. The van der Waals surface area contributed by atoms with Gasteiger partial charge in [0.05, 0.1) is 23.3 Å². The number of methoxy groups -OCH3 is 1. The van der Waals surface area contributed by atoms with E-state index in [0.29, 0.717) is 10.7 Å². The van der Waals surface area contributed by atoms with Gasteiger partial charge in [-0.05, 0) is 18.2 Å². The SMILES string of the molecule is COc1ccccc1-c1csc2nc(NC(=O)CCN3C(=O)c4cccc([N+](=O)[O-])c4C3=O)nn12. The lowest BCUT2D eigenvalue weighted by Crippen LogP contribution is -2.33. The molecule has 0 saturated carbocycles. The average Bonchev–Trinajstić information content (AvgIpc) is 3.49. The summed E-state index contributed by atoms with van der Waals surface area (Å²) in [7, 11) is 1.57. The summed E-state index contributed by atoms with van der Waals surface area (Å²) >= 11 is 1.34. The van der Waals surface area contributed by atoms with Crippen molar-refractivity contribution < 1.29 is 24.0 Å². The van der Waals surface area contributed by atoms with Gasteiger partial charge in [-0.3, -0.25) is 34.7 Å². The minimum Gasteiger partial charge on any atom is -0.496 e. The first-order chi connectivity index (χ1) is 16.9. The van der Waals surface area contributed by atoms with E-state index in [-0.39, 0.29) is 30.0 Å². The molecule has 0 atom stereocenters. The highest BCUT2D eigenvalue weighted by atomic mass is 32.1. The molecule has 0 aliphatic carbocycles. The van der Waals surface area contributed by atoms with Crippen molar-refractivity contribution in [1.82, 2.24) is 19.5 Å². The number of ether oxygens (including phenoxy) is 1. The first-order valence-electron chi connectivity index (χ1n) is 10.3.